The van der Waals surface area contributed by atoms with Crippen LogP contribution in [0.3, 0.4) is 0 Å². The van der Waals surface area contributed by atoms with Gasteiger partial charge in [0.25, 0.3) is 0 Å². The standard InChI is InChI=1S/C27H37FO3/c1-17(16-29)14-24-22(8-7-9-25(24)27(5,6)31)19(3)10-12-21(30)15-23-20(4)18(2)11-13-26(23)28/h7-9,11,13,17,19,29,31H,10,12,14-16H2,1-6H3/t17-,19-/m1/s1. The van der Waals surface area contributed by atoms with Gasteiger partial charge >= 0.3 is 0 Å². The van der Waals surface area contributed by atoms with Gasteiger partial charge in [0.1, 0.15) is 11.6 Å². The van der Waals surface area contributed by atoms with Gasteiger partial charge in [-0.05, 0) is 91.8 Å². The Kier molecular flexibility index (Phi) is 8.56. The molecule has 2 N–H and O–H groups in total. The summed E-state index contributed by atoms with van der Waals surface area (Å²) in [5, 5.41) is 20.2. The first-order chi connectivity index (χ1) is 14.5. The molecule has 0 aliphatic carbocycles. The van der Waals surface area contributed by atoms with Crippen molar-refractivity contribution < 1.29 is 19.4 Å². The van der Waals surface area contributed by atoms with E-state index in [4.69, 9.17) is 0 Å². The number of aryl methyl sites for hydroxylation is 1. The number of carbonyl (C=O) groups excluding carboxylic acids is 1. The second-order valence-corrected chi connectivity index (χ2v) is 9.55. The van der Waals surface area contributed by atoms with Crippen LogP contribution in [0.2, 0.25) is 0 Å². The van der Waals surface area contributed by atoms with E-state index in [0.29, 0.717) is 24.8 Å². The number of halogens is 1. The number of aliphatic hydroxyl groups excluding tert-OH is 1. The quantitative estimate of drug-likeness (QED) is 0.523. The minimum absolute atomic E-state index is 0.0309. The van der Waals surface area contributed by atoms with Gasteiger partial charge in [-0.25, -0.2) is 4.39 Å². The molecule has 0 aliphatic rings. The molecule has 0 bridgehead atoms. The van der Waals surface area contributed by atoms with Crippen molar-refractivity contribution >= 4 is 5.78 Å². The van der Waals surface area contributed by atoms with Gasteiger partial charge in [0, 0.05) is 19.4 Å². The summed E-state index contributed by atoms with van der Waals surface area (Å²) in [4.78, 5) is 12.7. The maximum atomic E-state index is 14.2. The molecule has 0 fully saturated rings. The van der Waals surface area contributed by atoms with Crippen LogP contribution in [0.25, 0.3) is 0 Å². The van der Waals surface area contributed by atoms with Gasteiger partial charge in [0.05, 0.1) is 5.60 Å². The van der Waals surface area contributed by atoms with Crippen molar-refractivity contribution in [2.75, 3.05) is 6.61 Å². The first-order valence-corrected chi connectivity index (χ1v) is 11.2. The van der Waals surface area contributed by atoms with E-state index >= 15 is 0 Å². The molecule has 0 saturated heterocycles. The zero-order chi connectivity index (χ0) is 23.3. The third kappa shape index (κ3) is 6.47. The molecule has 0 heterocycles. The number of carbonyl (C=O) groups is 1. The first-order valence-electron chi connectivity index (χ1n) is 11.2. The van der Waals surface area contributed by atoms with Gasteiger partial charge in [0.15, 0.2) is 0 Å². The Morgan fingerprint density at radius 2 is 1.77 bits per heavy atom. The average molecular weight is 429 g/mol. The Hall–Kier alpha value is -2.04. The summed E-state index contributed by atoms with van der Waals surface area (Å²) in [6.07, 6.45) is 1.80. The molecule has 0 radical (unpaired) electrons. The molecule has 170 valence electrons. The number of hydrogen-bond donors (Lipinski definition) is 2. The molecular formula is C27H37FO3. The van der Waals surface area contributed by atoms with E-state index in [1.165, 1.54) is 6.07 Å². The van der Waals surface area contributed by atoms with E-state index in [0.717, 1.165) is 27.8 Å². The van der Waals surface area contributed by atoms with Crippen LogP contribution in [0, 0.1) is 25.6 Å². The summed E-state index contributed by atoms with van der Waals surface area (Å²) >= 11 is 0. The summed E-state index contributed by atoms with van der Waals surface area (Å²) in [5.74, 6) is -0.107. The van der Waals surface area contributed by atoms with Crippen LogP contribution in [-0.2, 0) is 23.2 Å². The van der Waals surface area contributed by atoms with Crippen molar-refractivity contribution in [1.29, 1.82) is 0 Å². The minimum Gasteiger partial charge on any atom is -0.396 e. The molecule has 3 nitrogen and oxygen atoms in total. The zero-order valence-corrected chi connectivity index (χ0v) is 19.8. The third-order valence-electron chi connectivity index (χ3n) is 6.31. The molecule has 31 heavy (non-hydrogen) atoms. The third-order valence-corrected chi connectivity index (χ3v) is 6.31. The van der Waals surface area contributed by atoms with E-state index in [2.05, 4.69) is 6.92 Å². The second kappa shape index (κ2) is 10.5. The van der Waals surface area contributed by atoms with Crippen molar-refractivity contribution in [3.05, 3.63) is 69.5 Å². The largest absolute Gasteiger partial charge is 0.396 e. The smallest absolute Gasteiger partial charge is 0.137 e. The predicted molar refractivity (Wildman–Crippen MR) is 124 cm³/mol. The highest BCUT2D eigenvalue weighted by molar-refractivity contribution is 5.81. The highest BCUT2D eigenvalue weighted by Gasteiger charge is 2.25. The molecule has 0 saturated carbocycles. The molecule has 2 aromatic carbocycles. The molecule has 2 rings (SSSR count). The molecule has 0 aromatic heterocycles. The number of benzene rings is 2. The van der Waals surface area contributed by atoms with E-state index in [1.807, 2.05) is 39.0 Å². The maximum absolute atomic E-state index is 14.2. The van der Waals surface area contributed by atoms with E-state index in [1.54, 1.807) is 19.9 Å². The Morgan fingerprint density at radius 1 is 1.10 bits per heavy atom. The van der Waals surface area contributed by atoms with Crippen molar-refractivity contribution in [3.8, 4) is 0 Å². The Balaban J connectivity index is 2.19. The lowest BCUT2D eigenvalue weighted by molar-refractivity contribution is -0.118. The lowest BCUT2D eigenvalue weighted by atomic mass is 9.81. The van der Waals surface area contributed by atoms with Crippen molar-refractivity contribution in [2.24, 2.45) is 5.92 Å². The Morgan fingerprint density at radius 3 is 2.39 bits per heavy atom. The molecule has 4 heteroatoms. The fourth-order valence-electron chi connectivity index (χ4n) is 4.16. The number of aliphatic hydroxyl groups is 2. The number of Topliss-reactive ketones (excluding diaryl/α,β-unsaturated/α-hetero) is 1. The Bertz CT molecular complexity index is 911. The van der Waals surface area contributed by atoms with Gasteiger partial charge in [-0.2, -0.15) is 0 Å². The molecular weight excluding hydrogens is 391 g/mol. The van der Waals surface area contributed by atoms with Crippen molar-refractivity contribution in [2.45, 2.75) is 78.7 Å². The van der Waals surface area contributed by atoms with Crippen LogP contribution < -0.4 is 0 Å². The number of hydrogen-bond acceptors (Lipinski definition) is 3. The molecule has 2 aromatic rings. The summed E-state index contributed by atoms with van der Waals surface area (Å²) in [7, 11) is 0. The minimum atomic E-state index is -0.990. The van der Waals surface area contributed by atoms with Gasteiger partial charge in [-0.15, -0.1) is 0 Å². The van der Waals surface area contributed by atoms with Crippen LogP contribution in [0.5, 0.6) is 0 Å². The topological polar surface area (TPSA) is 57.5 Å². The molecule has 0 amide bonds. The summed E-state index contributed by atoms with van der Waals surface area (Å²) in [5.41, 5.74) is 4.36. The van der Waals surface area contributed by atoms with Crippen molar-refractivity contribution in [3.63, 3.8) is 0 Å². The predicted octanol–water partition coefficient (Wildman–Crippen LogP) is 5.54. The highest BCUT2D eigenvalue weighted by atomic mass is 19.1. The average Bonchev–Trinajstić information content (AvgIpc) is 2.71. The van der Waals surface area contributed by atoms with E-state index in [9.17, 15) is 19.4 Å². The summed E-state index contributed by atoms with van der Waals surface area (Å²) in [6.45, 7) is 11.5. The molecule has 2 atom stereocenters. The molecule has 0 aliphatic heterocycles. The fraction of sp³-hybridized carbons (Fsp3) is 0.519. The van der Waals surface area contributed by atoms with Crippen LogP contribution in [0.1, 0.15) is 79.8 Å². The number of rotatable bonds is 10. The molecule has 0 unspecified atom stereocenters. The van der Waals surface area contributed by atoms with Gasteiger partial charge < -0.3 is 10.2 Å². The van der Waals surface area contributed by atoms with Gasteiger partial charge in [-0.1, -0.05) is 38.1 Å². The fourth-order valence-corrected chi connectivity index (χ4v) is 4.16. The van der Waals surface area contributed by atoms with Crippen LogP contribution >= 0.6 is 0 Å². The Labute approximate surface area is 186 Å². The van der Waals surface area contributed by atoms with Gasteiger partial charge in [-0.3, -0.25) is 4.79 Å². The van der Waals surface area contributed by atoms with Crippen LogP contribution in [-0.4, -0.2) is 22.6 Å². The van der Waals surface area contributed by atoms with E-state index in [-0.39, 0.29) is 36.5 Å². The monoisotopic (exact) mass is 428 g/mol. The SMILES string of the molecule is Cc1ccc(F)c(CC(=O)CC[C@@H](C)c2cccc(C(C)(C)O)c2C[C@@H](C)CO)c1C. The van der Waals surface area contributed by atoms with Crippen molar-refractivity contribution in [1.82, 2.24) is 0 Å². The lowest BCUT2D eigenvalue weighted by Crippen LogP contribution is -2.21. The lowest BCUT2D eigenvalue weighted by Gasteiger charge is -2.27. The normalized spacial score (nSPS) is 13.8. The maximum Gasteiger partial charge on any atom is 0.137 e. The zero-order valence-electron chi connectivity index (χ0n) is 19.8. The highest BCUT2D eigenvalue weighted by Crippen LogP contribution is 2.33. The van der Waals surface area contributed by atoms with E-state index < -0.39 is 5.60 Å². The van der Waals surface area contributed by atoms with Crippen LogP contribution in [0.4, 0.5) is 4.39 Å². The van der Waals surface area contributed by atoms with Crippen LogP contribution in [0.15, 0.2) is 30.3 Å². The first kappa shape index (κ1) is 25.2. The van der Waals surface area contributed by atoms with Gasteiger partial charge in [0.2, 0.25) is 0 Å². The molecule has 0 spiro atoms. The summed E-state index contributed by atoms with van der Waals surface area (Å²) in [6, 6.07) is 9.10. The summed E-state index contributed by atoms with van der Waals surface area (Å²) < 4.78 is 14.2. The second-order valence-electron chi connectivity index (χ2n) is 9.55. The number of ketones is 1.